The Morgan fingerprint density at radius 2 is 1.88 bits per heavy atom. The number of benzene rings is 1. The van der Waals surface area contributed by atoms with Crippen LogP contribution in [0.15, 0.2) is 22.7 Å². The van der Waals surface area contributed by atoms with Gasteiger partial charge >= 0.3 is 0 Å². The highest BCUT2D eigenvalue weighted by molar-refractivity contribution is 9.10. The summed E-state index contributed by atoms with van der Waals surface area (Å²) in [6.45, 7) is 7.81. The predicted molar refractivity (Wildman–Crippen MR) is 76.1 cm³/mol. The molecule has 16 heavy (non-hydrogen) atoms. The second-order valence-electron chi connectivity index (χ2n) is 4.22. The molecule has 1 N–H and O–H groups in total. The van der Waals surface area contributed by atoms with Crippen LogP contribution in [0.2, 0.25) is 0 Å². The molecule has 1 aromatic carbocycles. The van der Waals surface area contributed by atoms with E-state index in [2.05, 4.69) is 60.2 Å². The molecule has 2 heteroatoms. The van der Waals surface area contributed by atoms with E-state index in [4.69, 9.17) is 0 Å². The van der Waals surface area contributed by atoms with Crippen molar-refractivity contribution < 1.29 is 0 Å². The molecule has 0 heterocycles. The van der Waals surface area contributed by atoms with Crippen LogP contribution in [0.4, 0.5) is 5.69 Å². The summed E-state index contributed by atoms with van der Waals surface area (Å²) in [5, 5.41) is 3.57. The van der Waals surface area contributed by atoms with Gasteiger partial charge < -0.3 is 5.32 Å². The summed E-state index contributed by atoms with van der Waals surface area (Å²) in [6, 6.07) is 6.48. The Morgan fingerprint density at radius 3 is 2.44 bits per heavy atom. The van der Waals surface area contributed by atoms with Crippen LogP contribution >= 0.6 is 15.9 Å². The quantitative estimate of drug-likeness (QED) is 0.786. The fourth-order valence-corrected chi connectivity index (χ4v) is 2.27. The van der Waals surface area contributed by atoms with E-state index in [9.17, 15) is 0 Å². The van der Waals surface area contributed by atoms with Crippen LogP contribution in [0, 0.1) is 5.92 Å². The molecule has 0 aliphatic rings. The standard InChI is InChI=1S/C14H22BrN/c1-4-11(5-2)10-16-14-8-7-13(15)9-12(14)6-3/h7-9,11,16H,4-6,10H2,1-3H3. The largest absolute Gasteiger partial charge is 0.385 e. The minimum Gasteiger partial charge on any atom is -0.385 e. The van der Waals surface area contributed by atoms with Crippen LogP contribution < -0.4 is 5.32 Å². The normalized spacial score (nSPS) is 10.8. The van der Waals surface area contributed by atoms with Crippen LogP contribution in [-0.4, -0.2) is 6.54 Å². The van der Waals surface area contributed by atoms with Gasteiger partial charge in [0.2, 0.25) is 0 Å². The minimum atomic E-state index is 0.786. The molecular weight excluding hydrogens is 262 g/mol. The molecule has 0 amide bonds. The maximum Gasteiger partial charge on any atom is 0.0373 e. The summed E-state index contributed by atoms with van der Waals surface area (Å²) in [7, 11) is 0. The van der Waals surface area contributed by atoms with E-state index in [0.717, 1.165) is 23.4 Å². The number of anilines is 1. The van der Waals surface area contributed by atoms with Gasteiger partial charge in [-0.2, -0.15) is 0 Å². The zero-order valence-corrected chi connectivity index (χ0v) is 12.1. The number of rotatable bonds is 6. The van der Waals surface area contributed by atoms with Crippen LogP contribution in [0.1, 0.15) is 39.2 Å². The first-order chi connectivity index (χ1) is 7.71. The van der Waals surface area contributed by atoms with E-state index in [1.807, 2.05) is 0 Å². The van der Waals surface area contributed by atoms with E-state index >= 15 is 0 Å². The van der Waals surface area contributed by atoms with Crippen molar-refractivity contribution in [2.45, 2.75) is 40.0 Å². The van der Waals surface area contributed by atoms with Gasteiger partial charge in [0.15, 0.2) is 0 Å². The zero-order chi connectivity index (χ0) is 12.0. The lowest BCUT2D eigenvalue weighted by molar-refractivity contribution is 0.519. The van der Waals surface area contributed by atoms with Gasteiger partial charge in [0, 0.05) is 16.7 Å². The summed E-state index contributed by atoms with van der Waals surface area (Å²) < 4.78 is 1.16. The molecule has 90 valence electrons. The average Bonchev–Trinajstić information content (AvgIpc) is 2.31. The molecule has 0 aliphatic carbocycles. The lowest BCUT2D eigenvalue weighted by atomic mass is 10.0. The minimum absolute atomic E-state index is 0.786. The molecule has 0 atom stereocenters. The first-order valence-electron chi connectivity index (χ1n) is 6.23. The molecule has 1 nitrogen and oxygen atoms in total. The second-order valence-corrected chi connectivity index (χ2v) is 5.13. The summed E-state index contributed by atoms with van der Waals surface area (Å²) in [6.07, 6.45) is 3.58. The molecule has 0 unspecified atom stereocenters. The average molecular weight is 284 g/mol. The van der Waals surface area contributed by atoms with Gasteiger partial charge in [-0.05, 0) is 36.1 Å². The highest BCUT2D eigenvalue weighted by Gasteiger charge is 2.05. The number of hydrogen-bond acceptors (Lipinski definition) is 1. The topological polar surface area (TPSA) is 12.0 Å². The Balaban J connectivity index is 2.65. The summed E-state index contributed by atoms with van der Waals surface area (Å²) in [5.41, 5.74) is 2.68. The predicted octanol–water partition coefficient (Wildman–Crippen LogP) is 4.86. The van der Waals surface area contributed by atoms with Crippen molar-refractivity contribution in [2.24, 2.45) is 5.92 Å². The van der Waals surface area contributed by atoms with Crippen LogP contribution in [0.25, 0.3) is 0 Å². The molecule has 0 aromatic heterocycles. The van der Waals surface area contributed by atoms with Crippen LogP contribution in [-0.2, 0) is 6.42 Å². The lowest BCUT2D eigenvalue weighted by Gasteiger charge is -2.16. The highest BCUT2D eigenvalue weighted by Crippen LogP contribution is 2.22. The van der Waals surface area contributed by atoms with E-state index in [1.165, 1.54) is 24.1 Å². The fourth-order valence-electron chi connectivity index (χ4n) is 1.86. The van der Waals surface area contributed by atoms with E-state index in [0.29, 0.717) is 0 Å². The molecule has 0 radical (unpaired) electrons. The molecule has 0 fully saturated rings. The molecule has 0 saturated carbocycles. The number of nitrogens with one attached hydrogen (secondary N) is 1. The Kier molecular flexibility index (Phi) is 5.89. The SMILES string of the molecule is CCc1cc(Br)ccc1NCC(CC)CC. The first kappa shape index (κ1) is 13.6. The maximum absolute atomic E-state index is 3.57. The van der Waals surface area contributed by atoms with Crippen molar-refractivity contribution >= 4 is 21.6 Å². The molecule has 1 rings (SSSR count). The summed E-state index contributed by atoms with van der Waals surface area (Å²) in [4.78, 5) is 0. The lowest BCUT2D eigenvalue weighted by Crippen LogP contribution is -2.13. The number of halogens is 1. The third-order valence-electron chi connectivity index (χ3n) is 3.18. The van der Waals surface area contributed by atoms with Crippen molar-refractivity contribution in [1.29, 1.82) is 0 Å². The molecule has 0 saturated heterocycles. The second kappa shape index (κ2) is 6.95. The third kappa shape index (κ3) is 3.82. The maximum atomic E-state index is 3.57. The Hall–Kier alpha value is -0.500. The smallest absolute Gasteiger partial charge is 0.0373 e. The molecule has 0 aliphatic heterocycles. The fraction of sp³-hybridized carbons (Fsp3) is 0.571. The third-order valence-corrected chi connectivity index (χ3v) is 3.68. The number of aryl methyl sites for hydroxylation is 1. The molecular formula is C14H22BrN. The van der Waals surface area contributed by atoms with Gasteiger partial charge in [0.25, 0.3) is 0 Å². The van der Waals surface area contributed by atoms with Gasteiger partial charge in [0.05, 0.1) is 0 Å². The monoisotopic (exact) mass is 283 g/mol. The summed E-state index contributed by atoms with van der Waals surface area (Å²) >= 11 is 3.52. The van der Waals surface area contributed by atoms with E-state index in [-0.39, 0.29) is 0 Å². The Bertz CT molecular complexity index is 319. The van der Waals surface area contributed by atoms with Gasteiger partial charge in [0.1, 0.15) is 0 Å². The molecule has 1 aromatic rings. The number of hydrogen-bond donors (Lipinski definition) is 1. The van der Waals surface area contributed by atoms with Crippen LogP contribution in [0.3, 0.4) is 0 Å². The molecule has 0 spiro atoms. The first-order valence-corrected chi connectivity index (χ1v) is 7.02. The van der Waals surface area contributed by atoms with Gasteiger partial charge in [-0.15, -0.1) is 0 Å². The van der Waals surface area contributed by atoms with Crippen molar-refractivity contribution in [2.75, 3.05) is 11.9 Å². The van der Waals surface area contributed by atoms with Crippen molar-refractivity contribution in [1.82, 2.24) is 0 Å². The van der Waals surface area contributed by atoms with Gasteiger partial charge in [-0.25, -0.2) is 0 Å². The van der Waals surface area contributed by atoms with Crippen molar-refractivity contribution in [3.05, 3.63) is 28.2 Å². The molecule has 0 bridgehead atoms. The van der Waals surface area contributed by atoms with Crippen molar-refractivity contribution in [3.8, 4) is 0 Å². The van der Waals surface area contributed by atoms with Gasteiger partial charge in [-0.1, -0.05) is 49.5 Å². The summed E-state index contributed by atoms with van der Waals surface area (Å²) in [5.74, 6) is 0.786. The zero-order valence-electron chi connectivity index (χ0n) is 10.5. The Morgan fingerprint density at radius 1 is 1.19 bits per heavy atom. The highest BCUT2D eigenvalue weighted by atomic mass is 79.9. The van der Waals surface area contributed by atoms with Gasteiger partial charge in [-0.3, -0.25) is 0 Å². The van der Waals surface area contributed by atoms with E-state index in [1.54, 1.807) is 0 Å². The van der Waals surface area contributed by atoms with Crippen LogP contribution in [0.5, 0.6) is 0 Å². The van der Waals surface area contributed by atoms with E-state index < -0.39 is 0 Å². The Labute approximate surface area is 108 Å². The van der Waals surface area contributed by atoms with Crippen molar-refractivity contribution in [3.63, 3.8) is 0 Å².